The number of amides is 1. The maximum atomic E-state index is 12.9. The van der Waals surface area contributed by atoms with Crippen LogP contribution in [0.15, 0.2) is 42.5 Å². The van der Waals surface area contributed by atoms with Crippen molar-refractivity contribution in [1.82, 2.24) is 15.1 Å². The van der Waals surface area contributed by atoms with Crippen LogP contribution in [0.5, 0.6) is 0 Å². The number of alkyl halides is 3. The van der Waals surface area contributed by atoms with Crippen LogP contribution < -0.4 is 10.6 Å². The van der Waals surface area contributed by atoms with Gasteiger partial charge in [0.15, 0.2) is 10.8 Å². The van der Waals surface area contributed by atoms with E-state index in [1.165, 1.54) is 25.5 Å². The minimum absolute atomic E-state index is 0.142. The quantitative estimate of drug-likeness (QED) is 0.320. The molecule has 3 rings (SSSR count). The first kappa shape index (κ1) is 23.9. The molecule has 3 aromatic rings. The first-order valence-corrected chi connectivity index (χ1v) is 11.3. The van der Waals surface area contributed by atoms with E-state index in [0.29, 0.717) is 9.75 Å². The smallest absolute Gasteiger partial charge is 0.332 e. The van der Waals surface area contributed by atoms with Gasteiger partial charge in [-0.15, -0.1) is 11.3 Å². The van der Waals surface area contributed by atoms with E-state index in [-0.39, 0.29) is 10.8 Å². The Morgan fingerprint density at radius 2 is 1.88 bits per heavy atom. The minimum atomic E-state index is -4.53. The second kappa shape index (κ2) is 10.3. The molecular formula is C22H23F3N4OS2. The molecule has 2 heterocycles. The summed E-state index contributed by atoms with van der Waals surface area (Å²) in [5.41, 5.74) is 1.31. The summed E-state index contributed by atoms with van der Waals surface area (Å²) in [4.78, 5) is 13.3. The Labute approximate surface area is 193 Å². The highest BCUT2D eigenvalue weighted by atomic mass is 32.1. The maximum absolute atomic E-state index is 12.9. The Hall–Kier alpha value is -2.72. The van der Waals surface area contributed by atoms with Crippen molar-refractivity contribution in [2.24, 2.45) is 7.05 Å². The predicted octanol–water partition coefficient (Wildman–Crippen LogP) is 6.03. The average Bonchev–Trinajstić information content (AvgIpc) is 3.36. The molecule has 0 saturated heterocycles. The molecular weight excluding hydrogens is 457 g/mol. The molecule has 0 radical (unpaired) electrons. The minimum Gasteiger partial charge on any atom is -0.332 e. The molecule has 0 aliphatic rings. The van der Waals surface area contributed by atoms with Gasteiger partial charge in [-0.2, -0.15) is 18.3 Å². The van der Waals surface area contributed by atoms with Gasteiger partial charge in [0.1, 0.15) is 0 Å². The third-order valence-electron chi connectivity index (χ3n) is 4.76. The lowest BCUT2D eigenvalue weighted by Gasteiger charge is -2.09. The largest absolute Gasteiger partial charge is 0.435 e. The lowest BCUT2D eigenvalue weighted by atomic mass is 10.1. The van der Waals surface area contributed by atoms with Crippen molar-refractivity contribution in [3.63, 3.8) is 0 Å². The van der Waals surface area contributed by atoms with Crippen molar-refractivity contribution in [2.45, 2.75) is 38.8 Å². The van der Waals surface area contributed by atoms with E-state index in [1.54, 1.807) is 12.1 Å². The first-order chi connectivity index (χ1) is 15.2. The summed E-state index contributed by atoms with van der Waals surface area (Å²) in [5, 5.41) is 9.21. The van der Waals surface area contributed by atoms with Crippen molar-refractivity contribution >= 4 is 40.3 Å². The molecule has 0 bridgehead atoms. The Kier molecular flexibility index (Phi) is 7.68. The van der Waals surface area contributed by atoms with Gasteiger partial charge in [0.25, 0.3) is 5.91 Å². The lowest BCUT2D eigenvalue weighted by Crippen LogP contribution is -2.33. The zero-order valence-electron chi connectivity index (χ0n) is 17.6. The number of aryl methyl sites for hydroxylation is 2. The van der Waals surface area contributed by atoms with E-state index in [4.69, 9.17) is 12.2 Å². The number of nitrogens with zero attached hydrogens (tertiary/aromatic N) is 2. The normalized spacial score (nSPS) is 11.4. The summed E-state index contributed by atoms with van der Waals surface area (Å²) < 4.78 is 39.8. The molecule has 1 aromatic carbocycles. The summed E-state index contributed by atoms with van der Waals surface area (Å²) in [6.07, 6.45) is 0.0215. The summed E-state index contributed by atoms with van der Waals surface area (Å²) >= 11 is 6.28. The summed E-state index contributed by atoms with van der Waals surface area (Å²) in [6.45, 7) is 2.17. The average molecular weight is 481 g/mol. The Morgan fingerprint density at radius 3 is 2.50 bits per heavy atom. The number of unbranched alkanes of at least 4 members (excludes halogenated alkanes) is 2. The van der Waals surface area contributed by atoms with Crippen molar-refractivity contribution < 1.29 is 18.0 Å². The van der Waals surface area contributed by atoms with Crippen molar-refractivity contribution in [3.8, 4) is 10.6 Å². The molecule has 5 nitrogen and oxygen atoms in total. The van der Waals surface area contributed by atoms with Crippen LogP contribution in [0.2, 0.25) is 0 Å². The van der Waals surface area contributed by atoms with Crippen molar-refractivity contribution in [1.29, 1.82) is 0 Å². The van der Waals surface area contributed by atoms with Gasteiger partial charge in [0, 0.05) is 12.7 Å². The molecule has 2 N–H and O–H groups in total. The number of anilines is 1. The van der Waals surface area contributed by atoms with Crippen LogP contribution >= 0.6 is 23.6 Å². The number of thiophene rings is 1. The highest BCUT2D eigenvalue weighted by Crippen LogP contribution is 2.34. The van der Waals surface area contributed by atoms with Gasteiger partial charge in [-0.1, -0.05) is 31.9 Å². The molecule has 0 aliphatic carbocycles. The van der Waals surface area contributed by atoms with Crippen LogP contribution in [0.25, 0.3) is 10.6 Å². The highest BCUT2D eigenvalue weighted by Gasteiger charge is 2.34. The van der Waals surface area contributed by atoms with E-state index in [0.717, 1.165) is 40.6 Å². The molecule has 0 fully saturated rings. The second-order valence-electron chi connectivity index (χ2n) is 7.26. The molecule has 170 valence electrons. The van der Waals surface area contributed by atoms with Gasteiger partial charge in [-0.05, 0) is 61.0 Å². The topological polar surface area (TPSA) is 58.9 Å². The van der Waals surface area contributed by atoms with Crippen LogP contribution in [0.3, 0.4) is 0 Å². The number of carbonyl (C=O) groups is 1. The van der Waals surface area contributed by atoms with Crippen LogP contribution in [-0.4, -0.2) is 20.8 Å². The standard InChI is InChI=1S/C22H23F3N4OS2/c1-3-4-5-6-14-7-9-15(10-8-14)26-21(31)27-20(30)18-12-11-17(32-18)16-13-19(22(23,24)25)28-29(16)2/h7-13H,3-6H2,1-2H3,(H2,26,27,30,31). The van der Waals surface area contributed by atoms with Gasteiger partial charge in [0.05, 0.1) is 15.4 Å². The van der Waals surface area contributed by atoms with E-state index in [9.17, 15) is 18.0 Å². The zero-order valence-corrected chi connectivity index (χ0v) is 19.3. The molecule has 0 saturated carbocycles. The number of nitrogens with one attached hydrogen (secondary N) is 2. The number of thiocarbonyl (C=S) groups is 1. The van der Waals surface area contributed by atoms with Crippen LogP contribution in [-0.2, 0) is 19.6 Å². The number of benzene rings is 1. The zero-order chi connectivity index (χ0) is 23.3. The fraction of sp³-hybridized carbons (Fsp3) is 0.318. The fourth-order valence-corrected chi connectivity index (χ4v) is 4.25. The predicted molar refractivity (Wildman–Crippen MR) is 125 cm³/mol. The second-order valence-corrected chi connectivity index (χ2v) is 8.75. The van der Waals surface area contributed by atoms with Gasteiger partial charge >= 0.3 is 6.18 Å². The Bertz CT molecular complexity index is 1090. The van der Waals surface area contributed by atoms with Crippen molar-refractivity contribution in [2.75, 3.05) is 5.32 Å². The summed E-state index contributed by atoms with van der Waals surface area (Å²) in [7, 11) is 1.43. The molecule has 2 aromatic heterocycles. The van der Waals surface area contributed by atoms with Gasteiger partial charge in [-0.3, -0.25) is 14.8 Å². The molecule has 1 amide bonds. The highest BCUT2D eigenvalue weighted by molar-refractivity contribution is 7.80. The Balaban J connectivity index is 1.59. The number of aromatic nitrogens is 2. The molecule has 0 atom stereocenters. The van der Waals surface area contributed by atoms with E-state index in [1.807, 2.05) is 24.3 Å². The number of halogens is 3. The van der Waals surface area contributed by atoms with Gasteiger partial charge in [0.2, 0.25) is 0 Å². The number of hydrogen-bond acceptors (Lipinski definition) is 4. The van der Waals surface area contributed by atoms with E-state index < -0.39 is 17.8 Å². The summed E-state index contributed by atoms with van der Waals surface area (Å²) in [5.74, 6) is -0.437. The van der Waals surface area contributed by atoms with E-state index in [2.05, 4.69) is 22.7 Å². The molecule has 10 heteroatoms. The SMILES string of the molecule is CCCCCc1ccc(NC(=S)NC(=O)c2ccc(-c3cc(C(F)(F)F)nn3C)s2)cc1. The maximum Gasteiger partial charge on any atom is 0.435 e. The lowest BCUT2D eigenvalue weighted by molar-refractivity contribution is -0.141. The van der Waals surface area contributed by atoms with Crippen molar-refractivity contribution in [3.05, 3.63) is 58.6 Å². The van der Waals surface area contributed by atoms with Crippen LogP contribution in [0.4, 0.5) is 18.9 Å². The summed E-state index contributed by atoms with van der Waals surface area (Å²) in [6, 6.07) is 12.0. The molecule has 0 unspecified atom stereocenters. The van der Waals surface area contributed by atoms with E-state index >= 15 is 0 Å². The first-order valence-electron chi connectivity index (χ1n) is 10.1. The Morgan fingerprint density at radius 1 is 1.16 bits per heavy atom. The fourth-order valence-electron chi connectivity index (χ4n) is 3.09. The molecule has 0 spiro atoms. The van der Waals surface area contributed by atoms with Gasteiger partial charge in [-0.25, -0.2) is 0 Å². The third kappa shape index (κ3) is 6.17. The monoisotopic (exact) mass is 480 g/mol. The number of hydrogen-bond donors (Lipinski definition) is 2. The molecule has 32 heavy (non-hydrogen) atoms. The third-order valence-corrected chi connectivity index (χ3v) is 6.07. The van der Waals surface area contributed by atoms with Crippen LogP contribution in [0, 0.1) is 0 Å². The number of rotatable bonds is 7. The molecule has 0 aliphatic heterocycles. The number of carbonyl (C=O) groups excluding carboxylic acids is 1. The van der Waals surface area contributed by atoms with Crippen LogP contribution in [0.1, 0.15) is 47.1 Å². The van der Waals surface area contributed by atoms with Gasteiger partial charge < -0.3 is 5.32 Å².